The zero-order chi connectivity index (χ0) is 14.5. The van der Waals surface area contributed by atoms with Gasteiger partial charge in [0.2, 0.25) is 5.91 Å². The second kappa shape index (κ2) is 6.75. The van der Waals surface area contributed by atoms with Gasteiger partial charge in [-0.2, -0.15) is 0 Å². The Morgan fingerprint density at radius 3 is 2.70 bits per heavy atom. The van der Waals surface area contributed by atoms with Crippen LogP contribution in [0.2, 0.25) is 0 Å². The Bertz CT molecular complexity index is 435. The number of carbonyl (C=O) groups is 1. The summed E-state index contributed by atoms with van der Waals surface area (Å²) in [5.41, 5.74) is 7.19. The van der Waals surface area contributed by atoms with E-state index in [1.165, 1.54) is 0 Å². The average molecular weight is 275 g/mol. The molecule has 0 aromatic heterocycles. The molecule has 0 unspecified atom stereocenters. The van der Waals surface area contributed by atoms with Gasteiger partial charge in [0.25, 0.3) is 0 Å². The number of rotatable bonds is 5. The molecule has 0 bridgehead atoms. The van der Waals surface area contributed by atoms with Crippen LogP contribution in [0, 0.1) is 5.92 Å². The van der Waals surface area contributed by atoms with Crippen molar-refractivity contribution in [3.63, 3.8) is 0 Å². The predicted molar refractivity (Wildman–Crippen MR) is 82.7 cm³/mol. The molecular weight excluding hydrogens is 250 g/mol. The number of hydrogen-bond donors (Lipinski definition) is 1. The fourth-order valence-corrected chi connectivity index (χ4v) is 2.85. The summed E-state index contributed by atoms with van der Waals surface area (Å²) in [6, 6.07) is 10.1. The molecule has 20 heavy (non-hydrogen) atoms. The van der Waals surface area contributed by atoms with Crippen molar-refractivity contribution in [2.75, 3.05) is 31.6 Å². The van der Waals surface area contributed by atoms with E-state index in [9.17, 15) is 4.79 Å². The van der Waals surface area contributed by atoms with Crippen LogP contribution in [-0.2, 0) is 4.79 Å². The summed E-state index contributed by atoms with van der Waals surface area (Å²) in [5.74, 6) is 0.636. The van der Waals surface area contributed by atoms with Gasteiger partial charge in [-0.05, 0) is 24.5 Å². The summed E-state index contributed by atoms with van der Waals surface area (Å²) in [4.78, 5) is 16.3. The molecule has 110 valence electrons. The quantitative estimate of drug-likeness (QED) is 0.890. The molecule has 2 N–H and O–H groups in total. The Hall–Kier alpha value is -1.55. The first kappa shape index (κ1) is 14.9. The number of hydrogen-bond acceptors (Lipinski definition) is 3. The summed E-state index contributed by atoms with van der Waals surface area (Å²) in [6.45, 7) is 4.10. The molecule has 2 atom stereocenters. The molecule has 1 aromatic carbocycles. The van der Waals surface area contributed by atoms with Crippen LogP contribution >= 0.6 is 0 Å². The van der Waals surface area contributed by atoms with Crippen LogP contribution in [-0.4, -0.2) is 43.5 Å². The monoisotopic (exact) mass is 275 g/mol. The van der Waals surface area contributed by atoms with Crippen molar-refractivity contribution in [3.8, 4) is 0 Å². The van der Waals surface area contributed by atoms with Gasteiger partial charge in [0.05, 0.1) is 6.54 Å². The third kappa shape index (κ3) is 3.51. The molecule has 1 fully saturated rings. The van der Waals surface area contributed by atoms with Gasteiger partial charge in [-0.25, -0.2) is 0 Å². The fourth-order valence-electron chi connectivity index (χ4n) is 2.85. The number of benzene rings is 1. The highest BCUT2D eigenvalue weighted by Crippen LogP contribution is 2.21. The number of carbonyl (C=O) groups excluding carboxylic acids is 1. The third-order valence-electron chi connectivity index (χ3n) is 4.07. The topological polar surface area (TPSA) is 49.6 Å². The molecule has 0 spiro atoms. The van der Waals surface area contributed by atoms with Crippen molar-refractivity contribution in [2.45, 2.75) is 25.8 Å². The highest BCUT2D eigenvalue weighted by molar-refractivity contribution is 5.81. The molecule has 1 amide bonds. The molecule has 2 rings (SSSR count). The van der Waals surface area contributed by atoms with Gasteiger partial charge in [-0.15, -0.1) is 0 Å². The minimum absolute atomic E-state index is 0.140. The van der Waals surface area contributed by atoms with E-state index < -0.39 is 0 Å². The summed E-state index contributed by atoms with van der Waals surface area (Å²) >= 11 is 0. The SMILES string of the molecule is CCC[C@@H]1CN(C(=O)CN(C)c2ccccc2)C[C@H]1N. The van der Waals surface area contributed by atoms with Crippen LogP contribution in [0.3, 0.4) is 0 Å². The lowest BCUT2D eigenvalue weighted by atomic mass is 9.99. The highest BCUT2D eigenvalue weighted by Gasteiger charge is 2.32. The molecule has 1 heterocycles. The summed E-state index contributed by atoms with van der Waals surface area (Å²) in [5, 5.41) is 0. The van der Waals surface area contributed by atoms with Crippen molar-refractivity contribution in [3.05, 3.63) is 30.3 Å². The van der Waals surface area contributed by atoms with Crippen molar-refractivity contribution in [2.24, 2.45) is 11.7 Å². The number of anilines is 1. The number of nitrogens with zero attached hydrogens (tertiary/aromatic N) is 2. The first-order valence-electron chi connectivity index (χ1n) is 7.41. The Balaban J connectivity index is 1.89. The summed E-state index contributed by atoms with van der Waals surface area (Å²) in [6.07, 6.45) is 2.24. The molecule has 1 saturated heterocycles. The first-order valence-corrected chi connectivity index (χ1v) is 7.41. The van der Waals surface area contributed by atoms with Gasteiger partial charge in [-0.1, -0.05) is 31.5 Å². The van der Waals surface area contributed by atoms with Crippen LogP contribution in [0.1, 0.15) is 19.8 Å². The Labute approximate surface area is 121 Å². The average Bonchev–Trinajstić information content (AvgIpc) is 2.82. The van der Waals surface area contributed by atoms with E-state index >= 15 is 0 Å². The van der Waals surface area contributed by atoms with Crippen molar-refractivity contribution < 1.29 is 4.79 Å². The maximum absolute atomic E-state index is 12.4. The number of nitrogens with two attached hydrogens (primary N) is 1. The van der Waals surface area contributed by atoms with Gasteiger partial charge in [0.15, 0.2) is 0 Å². The normalized spacial score (nSPS) is 22.1. The van der Waals surface area contributed by atoms with E-state index in [0.717, 1.165) is 25.1 Å². The Morgan fingerprint density at radius 1 is 1.35 bits per heavy atom. The molecule has 4 nitrogen and oxygen atoms in total. The van der Waals surface area contributed by atoms with Crippen molar-refractivity contribution in [1.82, 2.24) is 4.90 Å². The van der Waals surface area contributed by atoms with Gasteiger partial charge in [0.1, 0.15) is 0 Å². The molecule has 1 aliphatic rings. The van der Waals surface area contributed by atoms with Crippen molar-refractivity contribution >= 4 is 11.6 Å². The molecule has 1 aliphatic heterocycles. The van der Waals surface area contributed by atoms with Gasteiger partial charge in [-0.3, -0.25) is 4.79 Å². The smallest absolute Gasteiger partial charge is 0.242 e. The number of para-hydroxylation sites is 1. The van der Waals surface area contributed by atoms with Gasteiger partial charge >= 0.3 is 0 Å². The van der Waals surface area contributed by atoms with E-state index in [2.05, 4.69) is 6.92 Å². The zero-order valence-corrected chi connectivity index (χ0v) is 12.5. The maximum Gasteiger partial charge on any atom is 0.242 e. The second-order valence-electron chi connectivity index (χ2n) is 5.70. The fraction of sp³-hybridized carbons (Fsp3) is 0.562. The van der Waals surface area contributed by atoms with E-state index in [0.29, 0.717) is 19.0 Å². The van der Waals surface area contributed by atoms with Gasteiger partial charge < -0.3 is 15.5 Å². The van der Waals surface area contributed by atoms with Crippen LogP contribution in [0.4, 0.5) is 5.69 Å². The van der Waals surface area contributed by atoms with Crippen LogP contribution in [0.25, 0.3) is 0 Å². The third-order valence-corrected chi connectivity index (χ3v) is 4.07. The largest absolute Gasteiger partial charge is 0.365 e. The Kier molecular flexibility index (Phi) is 5.01. The Morgan fingerprint density at radius 2 is 2.05 bits per heavy atom. The lowest BCUT2D eigenvalue weighted by molar-refractivity contribution is -0.128. The van der Waals surface area contributed by atoms with E-state index in [4.69, 9.17) is 5.73 Å². The minimum atomic E-state index is 0.140. The highest BCUT2D eigenvalue weighted by atomic mass is 16.2. The number of amides is 1. The van der Waals surface area contributed by atoms with Crippen LogP contribution in [0.5, 0.6) is 0 Å². The van der Waals surface area contributed by atoms with E-state index in [1.807, 2.05) is 47.2 Å². The van der Waals surface area contributed by atoms with E-state index in [1.54, 1.807) is 0 Å². The minimum Gasteiger partial charge on any atom is -0.365 e. The standard InChI is InChI=1S/C16H25N3O/c1-3-7-13-10-19(11-15(13)17)16(20)12-18(2)14-8-5-4-6-9-14/h4-6,8-9,13,15H,3,7,10-12,17H2,1-2H3/t13-,15-/m1/s1. The second-order valence-corrected chi connectivity index (χ2v) is 5.70. The van der Waals surface area contributed by atoms with Crippen LogP contribution in [0.15, 0.2) is 30.3 Å². The molecule has 4 heteroatoms. The number of likely N-dealkylation sites (tertiary alicyclic amines) is 1. The lowest BCUT2D eigenvalue weighted by Crippen LogP contribution is -2.39. The predicted octanol–water partition coefficient (Wildman–Crippen LogP) is 1.71. The lowest BCUT2D eigenvalue weighted by Gasteiger charge is -2.23. The number of likely N-dealkylation sites (N-methyl/N-ethyl adjacent to an activating group) is 1. The van der Waals surface area contributed by atoms with Gasteiger partial charge in [0, 0.05) is 31.9 Å². The summed E-state index contributed by atoms with van der Waals surface area (Å²) < 4.78 is 0. The molecule has 0 saturated carbocycles. The molecule has 0 aliphatic carbocycles. The van der Waals surface area contributed by atoms with Crippen molar-refractivity contribution in [1.29, 1.82) is 0 Å². The molecular formula is C16H25N3O. The van der Waals surface area contributed by atoms with Crippen LogP contribution < -0.4 is 10.6 Å². The maximum atomic E-state index is 12.4. The molecule has 0 radical (unpaired) electrons. The van der Waals surface area contributed by atoms with E-state index in [-0.39, 0.29) is 11.9 Å². The summed E-state index contributed by atoms with van der Waals surface area (Å²) in [7, 11) is 1.95. The first-order chi connectivity index (χ1) is 9.61. The zero-order valence-electron chi connectivity index (χ0n) is 12.5. The molecule has 1 aromatic rings.